The molecule has 0 atom stereocenters. The molecule has 0 aromatic carbocycles. The Balaban J connectivity index is 3.83. The number of ether oxygens (including phenoxy) is 1. The zero-order chi connectivity index (χ0) is 6.57. The topological polar surface area (TPSA) is 64.7 Å². The molecule has 8 heavy (non-hydrogen) atoms. The first-order chi connectivity index (χ1) is 3.72. The Morgan fingerprint density at radius 3 is 2.50 bits per heavy atom. The number of nitrogens with two attached hydrogens (primary N) is 1. The van der Waals surface area contributed by atoms with Gasteiger partial charge in [0, 0.05) is 11.8 Å². The molecule has 4 nitrogen and oxygen atoms in total. The molecule has 0 aromatic heterocycles. The number of hydrogen-bond acceptors (Lipinski definition) is 3. The summed E-state index contributed by atoms with van der Waals surface area (Å²) in [7, 11) is 1.19. The largest absolute Gasteiger partial charge is 0.463 e. The third-order valence-corrected chi connectivity index (χ3v) is 0.668. The van der Waals surface area contributed by atoms with Crippen LogP contribution in [0.25, 0.3) is 0 Å². The van der Waals surface area contributed by atoms with E-state index in [9.17, 15) is 4.79 Å². The second-order valence-corrected chi connectivity index (χ2v) is 1.13. The lowest BCUT2D eigenvalue weighted by molar-refractivity contribution is -0.132. The molecule has 0 aliphatic carbocycles. The number of halogens is 1. The van der Waals surface area contributed by atoms with Gasteiger partial charge in [-0.2, -0.15) is 4.51 Å². The molecule has 0 bridgehead atoms. The van der Waals surface area contributed by atoms with Gasteiger partial charge in [-0.1, -0.05) is 0 Å². The lowest BCUT2D eigenvalue weighted by atomic mass is 10.6. The quantitative estimate of drug-likeness (QED) is 0.282. The van der Waals surface area contributed by atoms with Gasteiger partial charge in [0.1, 0.15) is 0 Å². The normalized spacial score (nSPS) is 11.0. The maximum absolute atomic E-state index is 10.2. The van der Waals surface area contributed by atoms with E-state index in [1.165, 1.54) is 7.11 Å². The maximum Gasteiger partial charge on any atom is 0.374 e. The van der Waals surface area contributed by atoms with E-state index in [2.05, 4.69) is 9.25 Å². The average Bonchev–Trinajstić information content (AvgIpc) is 1.84. The van der Waals surface area contributed by atoms with Gasteiger partial charge in [-0.05, 0) is 0 Å². The van der Waals surface area contributed by atoms with Crippen molar-refractivity contribution in [1.82, 2.24) is 0 Å². The van der Waals surface area contributed by atoms with Gasteiger partial charge in [-0.25, -0.2) is 4.79 Å². The summed E-state index contributed by atoms with van der Waals surface area (Å²) in [5.74, 6) is -1.06. The lowest BCUT2D eigenvalue weighted by Crippen LogP contribution is -2.23. The van der Waals surface area contributed by atoms with Crippen molar-refractivity contribution in [3.05, 3.63) is 0 Å². The molecule has 0 amide bonds. The molecule has 5 heteroatoms. The van der Waals surface area contributed by atoms with Crippen LogP contribution in [0.3, 0.4) is 0 Å². The average molecular weight is 137 g/mol. The van der Waals surface area contributed by atoms with Crippen LogP contribution < -0.4 is 5.73 Å². The van der Waals surface area contributed by atoms with E-state index in [4.69, 9.17) is 17.5 Å². The summed E-state index contributed by atoms with van der Waals surface area (Å²) in [5.41, 5.74) is 4.87. The van der Waals surface area contributed by atoms with E-state index in [1.807, 2.05) is 0 Å². The molecule has 0 heterocycles. The predicted molar refractivity (Wildman–Crippen MR) is 29.5 cm³/mol. The number of esters is 1. The van der Waals surface area contributed by atoms with Gasteiger partial charge >= 0.3 is 5.97 Å². The number of hydrogen-bond donors (Lipinski definition) is 1. The number of nitrogens with zero attached hydrogens (tertiary/aromatic N) is 1. The third kappa shape index (κ3) is 1.79. The Morgan fingerprint density at radius 2 is 2.38 bits per heavy atom. The number of amidine groups is 1. The van der Waals surface area contributed by atoms with E-state index in [0.29, 0.717) is 0 Å². The van der Waals surface area contributed by atoms with Crippen LogP contribution in [0.4, 0.5) is 0 Å². The molecule has 0 aromatic rings. The number of rotatable bonds is 0. The number of carbonyl (C=O) groups is 1. The second-order valence-electron chi connectivity index (χ2n) is 0.961. The summed E-state index contributed by atoms with van der Waals surface area (Å²) in [6.45, 7) is 0. The minimum absolute atomic E-state index is 0.339. The molecule has 0 spiro atoms. The SMILES string of the molecule is COC(=O)/C(N)=N/Cl. The zero-order valence-corrected chi connectivity index (χ0v) is 4.97. The third-order valence-electron chi connectivity index (χ3n) is 0.486. The molecule has 0 rings (SSSR count). The first kappa shape index (κ1) is 7.23. The summed E-state index contributed by atoms with van der Waals surface area (Å²) in [6, 6.07) is 0. The van der Waals surface area contributed by atoms with Crippen molar-refractivity contribution in [1.29, 1.82) is 0 Å². The van der Waals surface area contributed by atoms with Gasteiger partial charge < -0.3 is 10.5 Å². The van der Waals surface area contributed by atoms with Gasteiger partial charge in [0.25, 0.3) is 0 Å². The molecular weight excluding hydrogens is 131 g/mol. The summed E-state index contributed by atoms with van der Waals surface area (Å²) in [4.78, 5) is 10.2. The van der Waals surface area contributed by atoms with Crippen molar-refractivity contribution in [3.63, 3.8) is 0 Å². The van der Waals surface area contributed by atoms with E-state index in [1.54, 1.807) is 0 Å². The predicted octanol–water partition coefficient (Wildman–Crippen LogP) is -0.330. The van der Waals surface area contributed by atoms with Crippen molar-refractivity contribution >= 4 is 23.6 Å². The Hall–Kier alpha value is -0.770. The van der Waals surface area contributed by atoms with Crippen molar-refractivity contribution in [2.24, 2.45) is 10.2 Å². The Labute approximate surface area is 51.4 Å². The Kier molecular flexibility index (Phi) is 2.95. The Bertz CT molecular complexity index is 122. The van der Waals surface area contributed by atoms with E-state index < -0.39 is 5.97 Å². The standard InChI is InChI=1S/C3H5ClN2O2/c1-8-3(7)2(5)6-4/h1H3,(H2,5,6). The molecule has 0 fully saturated rings. The molecule has 0 aliphatic heterocycles. The van der Waals surface area contributed by atoms with Crippen molar-refractivity contribution in [2.75, 3.05) is 7.11 Å². The van der Waals surface area contributed by atoms with Gasteiger partial charge in [0.2, 0.25) is 5.84 Å². The molecule has 2 N–H and O–H groups in total. The highest BCUT2D eigenvalue weighted by Gasteiger charge is 2.03. The zero-order valence-electron chi connectivity index (χ0n) is 4.22. The van der Waals surface area contributed by atoms with E-state index in [0.717, 1.165) is 0 Å². The fourth-order valence-corrected chi connectivity index (χ4v) is 0.208. The summed E-state index contributed by atoms with van der Waals surface area (Å²) >= 11 is 4.79. The van der Waals surface area contributed by atoms with Crippen LogP contribution in [-0.2, 0) is 9.53 Å². The molecule has 0 saturated heterocycles. The molecule has 46 valence electrons. The van der Waals surface area contributed by atoms with Crippen LogP contribution in [0.5, 0.6) is 0 Å². The fourth-order valence-electron chi connectivity index (χ4n) is 0.139. The van der Waals surface area contributed by atoms with Crippen molar-refractivity contribution in [3.8, 4) is 0 Å². The monoisotopic (exact) mass is 136 g/mol. The van der Waals surface area contributed by atoms with E-state index in [-0.39, 0.29) is 5.84 Å². The first-order valence-corrected chi connectivity index (χ1v) is 2.09. The summed E-state index contributed by atoms with van der Waals surface area (Å²) in [6.07, 6.45) is 0. The highest BCUT2D eigenvalue weighted by Crippen LogP contribution is 1.78. The molecule has 0 unspecified atom stereocenters. The molecule has 0 saturated carbocycles. The molecule has 0 aliphatic rings. The van der Waals surface area contributed by atoms with Crippen LogP contribution in [0.15, 0.2) is 4.51 Å². The smallest absolute Gasteiger partial charge is 0.374 e. The van der Waals surface area contributed by atoms with Crippen LogP contribution in [0.2, 0.25) is 0 Å². The first-order valence-electron chi connectivity index (χ1n) is 1.75. The van der Waals surface area contributed by atoms with Gasteiger partial charge in [0.05, 0.1) is 7.11 Å². The highest BCUT2D eigenvalue weighted by molar-refractivity contribution is 6.39. The minimum Gasteiger partial charge on any atom is -0.463 e. The summed E-state index contributed by atoms with van der Waals surface area (Å²) in [5, 5.41) is 0. The summed E-state index contributed by atoms with van der Waals surface area (Å²) < 4.78 is 6.98. The maximum atomic E-state index is 10.2. The number of carbonyl (C=O) groups excluding carboxylic acids is 1. The van der Waals surface area contributed by atoms with Crippen LogP contribution in [0.1, 0.15) is 0 Å². The van der Waals surface area contributed by atoms with Crippen LogP contribution in [0, 0.1) is 0 Å². The Morgan fingerprint density at radius 1 is 1.88 bits per heavy atom. The second kappa shape index (κ2) is 3.26. The molecule has 0 radical (unpaired) electrons. The van der Waals surface area contributed by atoms with Gasteiger partial charge in [0.15, 0.2) is 0 Å². The lowest BCUT2D eigenvalue weighted by Gasteiger charge is -1.91. The van der Waals surface area contributed by atoms with Gasteiger partial charge in [-0.15, -0.1) is 0 Å². The minimum atomic E-state index is -0.722. The fraction of sp³-hybridized carbons (Fsp3) is 0.333. The highest BCUT2D eigenvalue weighted by atomic mass is 35.5. The van der Waals surface area contributed by atoms with Crippen molar-refractivity contribution in [2.45, 2.75) is 0 Å². The van der Waals surface area contributed by atoms with Crippen molar-refractivity contribution < 1.29 is 9.53 Å². The van der Waals surface area contributed by atoms with Gasteiger partial charge in [-0.3, -0.25) is 0 Å². The molecular formula is C3H5ClN2O2. The van der Waals surface area contributed by atoms with Crippen LogP contribution in [-0.4, -0.2) is 18.9 Å². The van der Waals surface area contributed by atoms with Crippen LogP contribution >= 0.6 is 11.8 Å². The van der Waals surface area contributed by atoms with E-state index >= 15 is 0 Å². The number of methoxy groups -OCH3 is 1.